The fourth-order valence-electron chi connectivity index (χ4n) is 8.71. The van der Waals surface area contributed by atoms with Crippen LogP contribution in [0.25, 0.3) is 44.9 Å². The highest BCUT2D eigenvalue weighted by molar-refractivity contribution is 8.03. The number of nitrogens with zero attached hydrogens (tertiary/aromatic N) is 3. The molecule has 2 heterocycles. The van der Waals surface area contributed by atoms with Gasteiger partial charge in [-0.1, -0.05) is 151 Å². The van der Waals surface area contributed by atoms with E-state index in [0.717, 1.165) is 70.0 Å². The summed E-state index contributed by atoms with van der Waals surface area (Å²) < 4.78 is 0. The third kappa shape index (κ3) is 4.66. The van der Waals surface area contributed by atoms with Crippen molar-refractivity contribution >= 4 is 22.9 Å². The maximum absolute atomic E-state index is 10.4. The molecule has 1 aromatic heterocycles. The molecule has 3 nitrogen and oxygen atoms in total. The second kappa shape index (κ2) is 12.3. The van der Waals surface area contributed by atoms with E-state index >= 15 is 0 Å². The summed E-state index contributed by atoms with van der Waals surface area (Å²) in [6.45, 7) is 0. The van der Waals surface area contributed by atoms with E-state index in [2.05, 4.69) is 146 Å². The van der Waals surface area contributed by atoms with Gasteiger partial charge in [-0.3, -0.25) is 0 Å². The minimum Gasteiger partial charge on any atom is -0.228 e. The van der Waals surface area contributed by atoms with Gasteiger partial charge in [0.15, 0.2) is 5.82 Å². The van der Waals surface area contributed by atoms with E-state index in [1.165, 1.54) is 49.4 Å². The zero-order valence-corrected chi connectivity index (χ0v) is 29.3. The molecule has 0 saturated carbocycles. The first kappa shape index (κ1) is 30.8. The Bertz CT molecular complexity index is 2550. The minimum absolute atomic E-state index is 0.458. The normalized spacial score (nSPS) is 16.3. The van der Waals surface area contributed by atoms with E-state index in [9.17, 15) is 5.26 Å². The summed E-state index contributed by atoms with van der Waals surface area (Å²) in [6.07, 6.45) is 12.8. The highest BCUT2D eigenvalue weighted by Gasteiger charge is 2.52. The summed E-state index contributed by atoms with van der Waals surface area (Å²) in [5.41, 5.74) is 15.7. The summed E-state index contributed by atoms with van der Waals surface area (Å²) in [5.74, 6) is 0.730. The fraction of sp³-hybridized carbons (Fsp3) is 0.104. The third-order valence-corrected chi connectivity index (χ3v) is 12.3. The van der Waals surface area contributed by atoms with Crippen molar-refractivity contribution in [2.75, 3.05) is 0 Å². The van der Waals surface area contributed by atoms with Gasteiger partial charge in [0.05, 0.1) is 22.4 Å². The number of fused-ring (bicyclic) bond motifs is 8. The van der Waals surface area contributed by atoms with Gasteiger partial charge in [0.25, 0.3) is 0 Å². The van der Waals surface area contributed by atoms with E-state index in [1.807, 2.05) is 12.1 Å². The first-order valence-electron chi connectivity index (χ1n) is 18.0. The number of thioether (sulfide) groups is 1. The molecule has 0 saturated heterocycles. The average Bonchev–Trinajstić information content (AvgIpc) is 3.52. The molecular weight excluding hydrogens is 651 g/mol. The first-order valence-corrected chi connectivity index (χ1v) is 18.8. The molecule has 6 aromatic rings. The Morgan fingerprint density at radius 3 is 2.06 bits per heavy atom. The molecule has 246 valence electrons. The van der Waals surface area contributed by atoms with Crippen molar-refractivity contribution < 1.29 is 0 Å². The maximum Gasteiger partial charge on any atom is 0.160 e. The summed E-state index contributed by atoms with van der Waals surface area (Å²) in [5, 5.41) is 10.4. The van der Waals surface area contributed by atoms with Crippen LogP contribution in [0, 0.1) is 11.3 Å². The van der Waals surface area contributed by atoms with Crippen molar-refractivity contribution in [1.82, 2.24) is 9.97 Å². The number of rotatable bonds is 4. The number of aromatic nitrogens is 2. The topological polar surface area (TPSA) is 49.6 Å². The van der Waals surface area contributed by atoms with Gasteiger partial charge in [0.2, 0.25) is 0 Å². The number of allylic oxidation sites excluding steroid dienone is 7. The molecule has 1 aliphatic heterocycles. The Kier molecular flexibility index (Phi) is 7.30. The van der Waals surface area contributed by atoms with Gasteiger partial charge in [-0.15, -0.1) is 0 Å². The molecule has 52 heavy (non-hydrogen) atoms. The summed E-state index contributed by atoms with van der Waals surface area (Å²) in [6, 6.07) is 47.9. The predicted octanol–water partition coefficient (Wildman–Crippen LogP) is 12.0. The molecular formula is C48H33N3S. The van der Waals surface area contributed by atoms with Crippen molar-refractivity contribution in [3.05, 3.63) is 196 Å². The number of hydrogen-bond donors (Lipinski definition) is 0. The molecule has 0 fully saturated rings. The van der Waals surface area contributed by atoms with E-state index in [4.69, 9.17) is 9.97 Å². The lowest BCUT2D eigenvalue weighted by atomic mass is 9.64. The van der Waals surface area contributed by atoms with Crippen LogP contribution in [-0.4, -0.2) is 9.97 Å². The second-order valence-corrected chi connectivity index (χ2v) is 14.8. The number of hydrogen-bond acceptors (Lipinski definition) is 4. The Morgan fingerprint density at radius 1 is 0.635 bits per heavy atom. The summed E-state index contributed by atoms with van der Waals surface area (Å²) in [7, 11) is 0. The van der Waals surface area contributed by atoms with Gasteiger partial charge in [-0.25, -0.2) is 9.97 Å². The zero-order chi connectivity index (χ0) is 34.6. The summed E-state index contributed by atoms with van der Waals surface area (Å²) in [4.78, 5) is 12.5. The molecule has 0 N–H and O–H groups in total. The van der Waals surface area contributed by atoms with Gasteiger partial charge in [0.1, 0.15) is 6.07 Å². The van der Waals surface area contributed by atoms with Crippen LogP contribution in [0.4, 0.5) is 0 Å². The lowest BCUT2D eigenvalue weighted by Gasteiger charge is -2.43. The van der Waals surface area contributed by atoms with Crippen LogP contribution in [0.5, 0.6) is 0 Å². The monoisotopic (exact) mass is 683 g/mol. The van der Waals surface area contributed by atoms with E-state index in [1.54, 1.807) is 11.8 Å². The average molecular weight is 684 g/mol. The Balaban J connectivity index is 1.12. The fourth-order valence-corrected chi connectivity index (χ4v) is 10.2. The maximum atomic E-state index is 10.4. The van der Waals surface area contributed by atoms with Crippen LogP contribution in [0.2, 0.25) is 0 Å². The van der Waals surface area contributed by atoms with Crippen LogP contribution in [0.1, 0.15) is 59.2 Å². The highest BCUT2D eigenvalue weighted by Crippen LogP contribution is 2.65. The third-order valence-electron chi connectivity index (χ3n) is 11.0. The molecule has 0 atom stereocenters. The van der Waals surface area contributed by atoms with Crippen molar-refractivity contribution in [3.8, 4) is 39.8 Å². The van der Waals surface area contributed by atoms with Gasteiger partial charge in [0, 0.05) is 20.9 Å². The van der Waals surface area contributed by atoms with Crippen LogP contribution in [-0.2, 0) is 5.41 Å². The Morgan fingerprint density at radius 2 is 1.33 bits per heavy atom. The summed E-state index contributed by atoms with van der Waals surface area (Å²) >= 11 is 1.78. The van der Waals surface area contributed by atoms with E-state index in [0.29, 0.717) is 0 Å². The van der Waals surface area contributed by atoms with E-state index < -0.39 is 5.41 Å². The van der Waals surface area contributed by atoms with Gasteiger partial charge >= 0.3 is 0 Å². The van der Waals surface area contributed by atoms with Crippen molar-refractivity contribution in [1.29, 1.82) is 5.26 Å². The molecule has 5 aromatic carbocycles. The molecule has 0 amide bonds. The van der Waals surface area contributed by atoms with Gasteiger partial charge in [-0.2, -0.15) is 5.26 Å². The molecule has 3 aliphatic carbocycles. The predicted molar refractivity (Wildman–Crippen MR) is 212 cm³/mol. The molecule has 1 spiro atoms. The Labute approximate surface area is 308 Å². The molecule has 4 heteroatoms. The minimum atomic E-state index is -0.458. The van der Waals surface area contributed by atoms with Gasteiger partial charge < -0.3 is 0 Å². The smallest absolute Gasteiger partial charge is 0.160 e. The lowest BCUT2D eigenvalue weighted by Crippen LogP contribution is -2.34. The van der Waals surface area contributed by atoms with Gasteiger partial charge in [-0.05, 0) is 87.9 Å². The van der Waals surface area contributed by atoms with Crippen molar-refractivity contribution in [2.24, 2.45) is 0 Å². The quantitative estimate of drug-likeness (QED) is 0.186. The van der Waals surface area contributed by atoms with Crippen molar-refractivity contribution in [3.63, 3.8) is 0 Å². The zero-order valence-electron chi connectivity index (χ0n) is 28.5. The molecule has 0 unspecified atom stereocenters. The molecule has 4 aliphatic rings. The van der Waals surface area contributed by atoms with E-state index in [-0.39, 0.29) is 0 Å². The molecule has 0 bridgehead atoms. The lowest BCUT2D eigenvalue weighted by molar-refractivity contribution is 0.673. The van der Waals surface area contributed by atoms with Crippen LogP contribution in [0.3, 0.4) is 0 Å². The van der Waals surface area contributed by atoms with Crippen LogP contribution < -0.4 is 0 Å². The van der Waals surface area contributed by atoms with Crippen molar-refractivity contribution in [2.45, 2.75) is 36.0 Å². The highest BCUT2D eigenvalue weighted by atomic mass is 32.2. The molecule has 10 rings (SSSR count). The number of nitriles is 1. The number of benzene rings is 5. The SMILES string of the molecule is N#Cc1cccc2c1SC1=C(CCC=C1c1ccc(-c3nc(C4=CC=CCC4)cc(-c4ccccc4)n3)cc1)C21c2ccccc2-c2ccccc21. The second-order valence-electron chi connectivity index (χ2n) is 13.8. The standard InChI is InChI=1S/C48H33N3S/c49-30-35-17-11-23-41-45(35)52-46-36(20-12-24-42(46)48(41)39-21-9-7-18-37(39)38-19-8-10-22-40(38)48)31-25-27-34(28-26-31)47-50-43(32-13-3-1-4-14-32)29-44(51-47)33-15-5-2-6-16-33/h1-5,7-11,13-15,17-23,25-29H,6,12,16,24H2. The van der Waals surface area contributed by atoms with Crippen LogP contribution >= 0.6 is 11.8 Å². The largest absolute Gasteiger partial charge is 0.228 e. The Hall–Kier alpha value is -6.02. The molecule has 0 radical (unpaired) electrons. The first-order chi connectivity index (χ1) is 25.7. The van der Waals surface area contributed by atoms with Crippen LogP contribution in [0.15, 0.2) is 167 Å².